The Kier molecular flexibility index (Phi) is 4.20. The molecule has 2 N–H and O–H groups in total. The summed E-state index contributed by atoms with van der Waals surface area (Å²) in [5.74, 6) is 0.986. The molecule has 0 atom stereocenters. The number of H-pyrrole nitrogens is 1. The standard InChI is InChI=1S/C22H21FN4O2/c1-11-7-14(15-9-17(23)20-18(10-15)29-12(2)25-20)8-16-19(11)26-21(27-22(16)28)13-3-5-24-6-4-13/h7-10,13,24H,3-6H2,1-2H3,(H,26,27,28). The fraction of sp³-hybridized carbons (Fsp3) is 0.318. The molecule has 148 valence electrons. The minimum Gasteiger partial charge on any atom is -0.441 e. The molecule has 0 unspecified atom stereocenters. The lowest BCUT2D eigenvalue weighted by Crippen LogP contribution is -2.28. The molecule has 0 bridgehead atoms. The van der Waals surface area contributed by atoms with Crippen molar-refractivity contribution in [2.24, 2.45) is 0 Å². The highest BCUT2D eigenvalue weighted by atomic mass is 19.1. The van der Waals surface area contributed by atoms with Gasteiger partial charge in [0.25, 0.3) is 5.56 Å². The van der Waals surface area contributed by atoms with Gasteiger partial charge < -0.3 is 14.7 Å². The molecule has 1 saturated heterocycles. The Morgan fingerprint density at radius 2 is 1.79 bits per heavy atom. The van der Waals surface area contributed by atoms with Crippen molar-refractivity contribution in [3.63, 3.8) is 0 Å². The molecule has 5 rings (SSSR count). The van der Waals surface area contributed by atoms with Gasteiger partial charge in [-0.1, -0.05) is 0 Å². The maximum Gasteiger partial charge on any atom is 0.258 e. The monoisotopic (exact) mass is 392 g/mol. The van der Waals surface area contributed by atoms with Gasteiger partial charge in [0.15, 0.2) is 17.3 Å². The molecule has 0 radical (unpaired) electrons. The summed E-state index contributed by atoms with van der Waals surface area (Å²) >= 11 is 0. The van der Waals surface area contributed by atoms with Crippen LogP contribution >= 0.6 is 0 Å². The number of aromatic nitrogens is 3. The van der Waals surface area contributed by atoms with Crippen molar-refractivity contribution in [1.82, 2.24) is 20.3 Å². The number of benzene rings is 2. The molecule has 29 heavy (non-hydrogen) atoms. The van der Waals surface area contributed by atoms with Crippen molar-refractivity contribution >= 4 is 22.0 Å². The minimum absolute atomic E-state index is 0.162. The normalized spacial score (nSPS) is 15.4. The van der Waals surface area contributed by atoms with Gasteiger partial charge in [-0.25, -0.2) is 14.4 Å². The number of nitrogens with zero attached hydrogens (tertiary/aromatic N) is 2. The lowest BCUT2D eigenvalue weighted by molar-refractivity contribution is 0.445. The summed E-state index contributed by atoms with van der Waals surface area (Å²) in [5, 5.41) is 3.84. The van der Waals surface area contributed by atoms with Crippen molar-refractivity contribution in [2.45, 2.75) is 32.6 Å². The van der Waals surface area contributed by atoms with E-state index in [1.54, 1.807) is 19.1 Å². The lowest BCUT2D eigenvalue weighted by Gasteiger charge is -2.22. The number of piperidine rings is 1. The fourth-order valence-corrected chi connectivity index (χ4v) is 4.15. The molecule has 0 amide bonds. The van der Waals surface area contributed by atoms with Gasteiger partial charge in [-0.2, -0.15) is 0 Å². The van der Waals surface area contributed by atoms with Gasteiger partial charge in [0, 0.05) is 12.8 Å². The highest BCUT2D eigenvalue weighted by Crippen LogP contribution is 2.31. The largest absolute Gasteiger partial charge is 0.441 e. The van der Waals surface area contributed by atoms with Crippen LogP contribution in [0.1, 0.15) is 36.0 Å². The van der Waals surface area contributed by atoms with E-state index in [0.29, 0.717) is 27.9 Å². The zero-order valence-corrected chi connectivity index (χ0v) is 16.3. The van der Waals surface area contributed by atoms with Crippen LogP contribution in [0.25, 0.3) is 33.1 Å². The first kappa shape index (κ1) is 18.0. The smallest absolute Gasteiger partial charge is 0.258 e. The average Bonchev–Trinajstić information content (AvgIpc) is 3.10. The van der Waals surface area contributed by atoms with Gasteiger partial charge in [-0.15, -0.1) is 0 Å². The Morgan fingerprint density at radius 1 is 1.03 bits per heavy atom. The first-order valence-electron chi connectivity index (χ1n) is 9.82. The van der Waals surface area contributed by atoms with Gasteiger partial charge in [-0.05, 0) is 73.8 Å². The van der Waals surface area contributed by atoms with Crippen LogP contribution in [0.4, 0.5) is 4.39 Å². The van der Waals surface area contributed by atoms with Crippen LogP contribution in [-0.4, -0.2) is 28.0 Å². The van der Waals surface area contributed by atoms with E-state index in [2.05, 4.69) is 15.3 Å². The summed E-state index contributed by atoms with van der Waals surface area (Å²) in [7, 11) is 0. The predicted molar refractivity (Wildman–Crippen MR) is 110 cm³/mol. The molecule has 2 aromatic carbocycles. The fourth-order valence-electron chi connectivity index (χ4n) is 4.15. The number of hydrogen-bond donors (Lipinski definition) is 2. The van der Waals surface area contributed by atoms with Crippen molar-refractivity contribution in [3.8, 4) is 11.1 Å². The maximum atomic E-state index is 14.5. The average molecular weight is 392 g/mol. The number of aryl methyl sites for hydroxylation is 2. The Bertz CT molecular complexity index is 1300. The lowest BCUT2D eigenvalue weighted by atomic mass is 9.96. The number of nitrogens with one attached hydrogen (secondary N) is 2. The second kappa shape index (κ2) is 6.77. The third-order valence-electron chi connectivity index (χ3n) is 5.63. The van der Waals surface area contributed by atoms with E-state index in [1.807, 2.05) is 13.0 Å². The van der Waals surface area contributed by atoms with Crippen LogP contribution in [0.5, 0.6) is 0 Å². The number of rotatable bonds is 2. The van der Waals surface area contributed by atoms with Crippen molar-refractivity contribution in [3.05, 3.63) is 57.7 Å². The Morgan fingerprint density at radius 3 is 2.59 bits per heavy atom. The third-order valence-corrected chi connectivity index (χ3v) is 5.63. The van der Waals surface area contributed by atoms with Crippen molar-refractivity contribution in [2.75, 3.05) is 13.1 Å². The highest BCUT2D eigenvalue weighted by Gasteiger charge is 2.20. The topological polar surface area (TPSA) is 83.8 Å². The summed E-state index contributed by atoms with van der Waals surface area (Å²) in [6, 6.07) is 6.88. The number of oxazole rings is 1. The van der Waals surface area contributed by atoms with Crippen LogP contribution in [0.2, 0.25) is 0 Å². The number of hydrogen-bond acceptors (Lipinski definition) is 5. The van der Waals surface area contributed by atoms with Gasteiger partial charge in [-0.3, -0.25) is 4.79 Å². The highest BCUT2D eigenvalue weighted by molar-refractivity contribution is 5.89. The van der Waals surface area contributed by atoms with Gasteiger partial charge in [0.2, 0.25) is 0 Å². The van der Waals surface area contributed by atoms with Crippen LogP contribution in [-0.2, 0) is 0 Å². The Hall–Kier alpha value is -3.06. The number of fused-ring (bicyclic) bond motifs is 2. The van der Waals surface area contributed by atoms with Crippen LogP contribution in [0, 0.1) is 19.7 Å². The quantitative estimate of drug-likeness (QED) is 0.540. The first-order chi connectivity index (χ1) is 14.0. The zero-order chi connectivity index (χ0) is 20.1. The molecule has 4 aromatic rings. The van der Waals surface area contributed by atoms with Crippen molar-refractivity contribution < 1.29 is 8.81 Å². The maximum absolute atomic E-state index is 14.5. The molecule has 0 spiro atoms. The first-order valence-corrected chi connectivity index (χ1v) is 9.82. The SMILES string of the molecule is Cc1nc2c(F)cc(-c3cc(C)c4nc(C5CCNCC5)[nH]c(=O)c4c3)cc2o1. The van der Waals surface area contributed by atoms with E-state index in [0.717, 1.165) is 42.9 Å². The summed E-state index contributed by atoms with van der Waals surface area (Å²) in [6.45, 7) is 5.47. The number of aromatic amines is 1. The summed E-state index contributed by atoms with van der Waals surface area (Å²) in [4.78, 5) is 24.7. The predicted octanol–water partition coefficient (Wildman–Crippen LogP) is 3.95. The van der Waals surface area contributed by atoms with E-state index in [9.17, 15) is 9.18 Å². The molecule has 6 nitrogen and oxygen atoms in total. The van der Waals surface area contributed by atoms with Crippen LogP contribution in [0.15, 0.2) is 33.5 Å². The van der Waals surface area contributed by atoms with E-state index < -0.39 is 5.82 Å². The van der Waals surface area contributed by atoms with E-state index >= 15 is 0 Å². The van der Waals surface area contributed by atoms with E-state index in [-0.39, 0.29) is 17.0 Å². The van der Waals surface area contributed by atoms with E-state index in [4.69, 9.17) is 9.40 Å². The van der Waals surface area contributed by atoms with Crippen LogP contribution < -0.4 is 10.9 Å². The molecule has 3 heterocycles. The molecule has 1 aliphatic rings. The van der Waals surface area contributed by atoms with Gasteiger partial charge >= 0.3 is 0 Å². The molecule has 7 heteroatoms. The summed E-state index contributed by atoms with van der Waals surface area (Å²) < 4.78 is 20.0. The summed E-state index contributed by atoms with van der Waals surface area (Å²) in [5.41, 5.74) is 3.41. The second-order valence-corrected chi connectivity index (χ2v) is 7.70. The summed E-state index contributed by atoms with van der Waals surface area (Å²) in [6.07, 6.45) is 1.92. The molecule has 0 saturated carbocycles. The molecular weight excluding hydrogens is 371 g/mol. The number of halogens is 1. The second-order valence-electron chi connectivity index (χ2n) is 7.70. The molecule has 1 aliphatic heterocycles. The van der Waals surface area contributed by atoms with Gasteiger partial charge in [0.1, 0.15) is 11.3 Å². The van der Waals surface area contributed by atoms with E-state index in [1.165, 1.54) is 6.07 Å². The molecule has 0 aliphatic carbocycles. The third kappa shape index (κ3) is 3.11. The zero-order valence-electron chi connectivity index (χ0n) is 16.3. The molecule has 2 aromatic heterocycles. The van der Waals surface area contributed by atoms with Gasteiger partial charge in [0.05, 0.1) is 10.9 Å². The minimum atomic E-state index is -0.444. The molecule has 1 fully saturated rings. The Labute approximate surface area is 166 Å². The van der Waals surface area contributed by atoms with Crippen molar-refractivity contribution in [1.29, 1.82) is 0 Å². The van der Waals surface area contributed by atoms with Crippen LogP contribution in [0.3, 0.4) is 0 Å². The molecular formula is C22H21FN4O2. The Balaban J connectivity index is 1.65.